The van der Waals surface area contributed by atoms with Gasteiger partial charge in [-0.05, 0) is 26.0 Å². The van der Waals surface area contributed by atoms with E-state index in [1.165, 1.54) is 15.3 Å². The molecule has 0 N–H and O–H groups in total. The summed E-state index contributed by atoms with van der Waals surface area (Å²) in [6.45, 7) is 3.86. The van der Waals surface area contributed by atoms with Crippen LogP contribution >= 0.6 is 11.8 Å². The minimum atomic E-state index is -3.75. The van der Waals surface area contributed by atoms with Crippen molar-refractivity contribution in [3.63, 3.8) is 0 Å². The molecule has 1 aliphatic heterocycles. The molecule has 152 valence electrons. The van der Waals surface area contributed by atoms with E-state index in [1.807, 2.05) is 0 Å². The average Bonchev–Trinajstić information content (AvgIpc) is 3.00. The lowest BCUT2D eigenvalue weighted by Crippen LogP contribution is -2.51. The number of sulfonamides is 1. The largest absolute Gasteiger partial charge is 0.360 e. The van der Waals surface area contributed by atoms with Crippen LogP contribution in [0.25, 0.3) is 0 Å². The molecule has 1 aliphatic rings. The van der Waals surface area contributed by atoms with Gasteiger partial charge in [0.25, 0.3) is 0 Å². The van der Waals surface area contributed by atoms with Crippen molar-refractivity contribution in [1.82, 2.24) is 14.4 Å². The van der Waals surface area contributed by atoms with E-state index in [4.69, 9.17) is 4.52 Å². The molecule has 7 nitrogen and oxygen atoms in total. The molecule has 11 heteroatoms. The maximum atomic E-state index is 13.7. The highest BCUT2D eigenvalue weighted by molar-refractivity contribution is 8.00. The van der Waals surface area contributed by atoms with E-state index >= 15 is 0 Å². The van der Waals surface area contributed by atoms with E-state index in [0.717, 1.165) is 23.9 Å². The minimum Gasteiger partial charge on any atom is -0.360 e. The number of aromatic nitrogens is 1. The minimum absolute atomic E-state index is 0.0147. The Morgan fingerprint density at radius 2 is 1.89 bits per heavy atom. The predicted molar refractivity (Wildman–Crippen MR) is 98.4 cm³/mol. The molecule has 0 bridgehead atoms. The normalized spacial score (nSPS) is 15.8. The van der Waals surface area contributed by atoms with E-state index in [1.54, 1.807) is 13.8 Å². The van der Waals surface area contributed by atoms with Gasteiger partial charge >= 0.3 is 0 Å². The molecule has 1 saturated heterocycles. The van der Waals surface area contributed by atoms with E-state index in [0.29, 0.717) is 5.69 Å². The van der Waals surface area contributed by atoms with E-state index in [2.05, 4.69) is 5.16 Å². The summed E-state index contributed by atoms with van der Waals surface area (Å²) in [5.74, 6) is -1.41. The zero-order chi connectivity index (χ0) is 20.5. The zero-order valence-electron chi connectivity index (χ0n) is 15.3. The Morgan fingerprint density at radius 1 is 1.21 bits per heavy atom. The summed E-state index contributed by atoms with van der Waals surface area (Å²) in [6, 6.07) is 3.19. The number of nitrogens with zero attached hydrogens (tertiary/aromatic N) is 3. The number of amides is 1. The molecule has 0 spiro atoms. The molecule has 0 unspecified atom stereocenters. The Morgan fingerprint density at radius 3 is 2.46 bits per heavy atom. The highest BCUT2D eigenvalue weighted by atomic mass is 32.2. The zero-order valence-corrected chi connectivity index (χ0v) is 16.9. The van der Waals surface area contributed by atoms with Gasteiger partial charge in [-0.15, -0.1) is 11.8 Å². The summed E-state index contributed by atoms with van der Waals surface area (Å²) in [6.07, 6.45) is 0. The molecule has 1 fully saturated rings. The van der Waals surface area contributed by atoms with Gasteiger partial charge in [0.2, 0.25) is 15.9 Å². The van der Waals surface area contributed by atoms with Gasteiger partial charge in [0.05, 0.1) is 5.75 Å². The molecule has 1 aromatic carbocycles. The van der Waals surface area contributed by atoms with Crippen LogP contribution in [0.4, 0.5) is 8.78 Å². The van der Waals surface area contributed by atoms with Crippen molar-refractivity contribution < 1.29 is 26.5 Å². The SMILES string of the molecule is Cc1noc(C)c1S(=O)(=O)N1CCN(C(=O)CSc2ccc(F)cc2F)CC1. The monoisotopic (exact) mass is 431 g/mol. The van der Waals surface area contributed by atoms with Crippen molar-refractivity contribution in [2.24, 2.45) is 0 Å². The second kappa shape index (κ2) is 8.18. The van der Waals surface area contributed by atoms with Gasteiger partial charge in [0.1, 0.15) is 22.2 Å². The topological polar surface area (TPSA) is 83.7 Å². The van der Waals surface area contributed by atoms with E-state index in [-0.39, 0.29) is 53.4 Å². The fraction of sp³-hybridized carbons (Fsp3) is 0.412. The van der Waals surface area contributed by atoms with Crippen LogP contribution in [0.5, 0.6) is 0 Å². The molecule has 28 heavy (non-hydrogen) atoms. The average molecular weight is 431 g/mol. The van der Waals surface area contributed by atoms with Crippen molar-refractivity contribution in [3.8, 4) is 0 Å². The third kappa shape index (κ3) is 4.20. The third-order valence-electron chi connectivity index (χ3n) is 4.40. The lowest BCUT2D eigenvalue weighted by Gasteiger charge is -2.33. The molecule has 0 atom stereocenters. The predicted octanol–water partition coefficient (Wildman–Crippen LogP) is 2.19. The quantitative estimate of drug-likeness (QED) is 0.675. The second-order valence-electron chi connectivity index (χ2n) is 6.30. The highest BCUT2D eigenvalue weighted by Gasteiger charge is 2.34. The number of aryl methyl sites for hydroxylation is 2. The number of carbonyl (C=O) groups excluding carboxylic acids is 1. The van der Waals surface area contributed by atoms with Crippen molar-refractivity contribution in [3.05, 3.63) is 41.3 Å². The summed E-state index contributed by atoms with van der Waals surface area (Å²) >= 11 is 0.980. The Balaban J connectivity index is 1.58. The summed E-state index contributed by atoms with van der Waals surface area (Å²) < 4.78 is 58.4. The molecule has 0 aliphatic carbocycles. The first-order valence-corrected chi connectivity index (χ1v) is 10.9. The second-order valence-corrected chi connectivity index (χ2v) is 9.19. The van der Waals surface area contributed by atoms with Gasteiger partial charge < -0.3 is 9.42 Å². The smallest absolute Gasteiger partial charge is 0.248 e. The van der Waals surface area contributed by atoms with Crippen molar-refractivity contribution >= 4 is 27.7 Å². The number of halogens is 2. The van der Waals surface area contributed by atoms with Crippen LogP contribution in [0.15, 0.2) is 32.5 Å². The van der Waals surface area contributed by atoms with Crippen molar-refractivity contribution in [2.45, 2.75) is 23.6 Å². The van der Waals surface area contributed by atoms with Gasteiger partial charge in [0.15, 0.2) is 5.76 Å². The molecule has 0 saturated carbocycles. The van der Waals surface area contributed by atoms with Gasteiger partial charge in [-0.3, -0.25) is 4.79 Å². The van der Waals surface area contributed by atoms with Gasteiger partial charge in [-0.25, -0.2) is 17.2 Å². The van der Waals surface area contributed by atoms with Crippen molar-refractivity contribution in [1.29, 1.82) is 0 Å². The number of benzene rings is 1. The number of hydrogen-bond acceptors (Lipinski definition) is 6. The maximum absolute atomic E-state index is 13.7. The van der Waals surface area contributed by atoms with Crippen LogP contribution in [-0.4, -0.2) is 60.6 Å². The van der Waals surface area contributed by atoms with Gasteiger partial charge in [-0.1, -0.05) is 5.16 Å². The Labute approximate surface area is 165 Å². The molecular formula is C17H19F2N3O4S2. The van der Waals surface area contributed by atoms with Crippen LogP contribution in [0, 0.1) is 25.5 Å². The van der Waals surface area contributed by atoms with Crippen LogP contribution in [0.2, 0.25) is 0 Å². The lowest BCUT2D eigenvalue weighted by molar-refractivity contribution is -0.129. The Kier molecular flexibility index (Phi) is 6.06. The van der Waals surface area contributed by atoms with E-state index < -0.39 is 21.7 Å². The fourth-order valence-electron chi connectivity index (χ4n) is 2.97. The Bertz CT molecular complexity index is 967. The fourth-order valence-corrected chi connectivity index (χ4v) is 5.51. The molecule has 0 radical (unpaired) electrons. The van der Waals surface area contributed by atoms with Crippen molar-refractivity contribution in [2.75, 3.05) is 31.9 Å². The highest BCUT2D eigenvalue weighted by Crippen LogP contribution is 2.25. The van der Waals surface area contributed by atoms with E-state index in [9.17, 15) is 22.0 Å². The molecule has 1 amide bonds. The number of thioether (sulfide) groups is 1. The lowest BCUT2D eigenvalue weighted by atomic mass is 10.3. The maximum Gasteiger partial charge on any atom is 0.248 e. The molecule has 3 rings (SSSR count). The number of carbonyl (C=O) groups is 1. The molecule has 1 aromatic heterocycles. The van der Waals surface area contributed by atoms with Crippen LogP contribution in [0.1, 0.15) is 11.5 Å². The summed E-state index contributed by atoms with van der Waals surface area (Å²) in [5, 5.41) is 3.68. The van der Waals surface area contributed by atoms with Gasteiger partial charge in [0, 0.05) is 37.1 Å². The molecule has 2 aromatic rings. The Hall–Kier alpha value is -1.98. The standard InChI is InChI=1S/C17H19F2N3O4S2/c1-11-17(12(2)26-20-11)28(24,25)22-7-5-21(6-8-22)16(23)10-27-15-4-3-13(18)9-14(15)19/h3-4,9H,5-8,10H2,1-2H3. The first kappa shape index (κ1) is 20.7. The third-order valence-corrected chi connectivity index (χ3v) is 7.58. The number of piperazine rings is 1. The first-order valence-electron chi connectivity index (χ1n) is 8.49. The number of rotatable bonds is 5. The molecule has 2 heterocycles. The van der Waals surface area contributed by atoms with Crippen LogP contribution in [0.3, 0.4) is 0 Å². The molecular weight excluding hydrogens is 412 g/mol. The van der Waals surface area contributed by atoms with Crippen LogP contribution in [-0.2, 0) is 14.8 Å². The number of hydrogen-bond donors (Lipinski definition) is 0. The first-order chi connectivity index (χ1) is 13.2. The summed E-state index contributed by atoms with van der Waals surface area (Å²) in [7, 11) is -3.75. The summed E-state index contributed by atoms with van der Waals surface area (Å²) in [4.78, 5) is 14.1. The van der Waals surface area contributed by atoms with Crippen LogP contribution < -0.4 is 0 Å². The summed E-state index contributed by atoms with van der Waals surface area (Å²) in [5.41, 5.74) is 0.300. The van der Waals surface area contributed by atoms with Gasteiger partial charge in [-0.2, -0.15) is 4.31 Å².